The Morgan fingerprint density at radius 3 is 1.88 bits per heavy atom. The van der Waals surface area contributed by atoms with E-state index in [0.717, 1.165) is 0 Å². The van der Waals surface area contributed by atoms with E-state index >= 15 is 0 Å². The lowest BCUT2D eigenvalue weighted by Gasteiger charge is -1.76. The molecule has 1 N–H and O–H groups in total. The largest absolute Gasteiger partial charge is 0.317 e. The highest BCUT2D eigenvalue weighted by Crippen LogP contribution is 1.90. The average molecular weight is 112 g/mol. The van der Waals surface area contributed by atoms with Crippen molar-refractivity contribution in [2.45, 2.75) is 19.8 Å². The molecule has 0 atom stereocenters. The van der Waals surface area contributed by atoms with Crippen LogP contribution in [-0.4, -0.2) is 13.1 Å². The minimum absolute atomic E-state index is 1.25. The predicted molar refractivity (Wildman–Crippen MR) is 33.4 cm³/mol. The molecule has 0 aromatic rings. The lowest BCUT2D eigenvalue weighted by molar-refractivity contribution is 0.857. The summed E-state index contributed by atoms with van der Waals surface area (Å²) >= 11 is 0. The lowest BCUT2D eigenvalue weighted by Crippen LogP contribution is -2.03. The van der Waals surface area contributed by atoms with E-state index in [1.165, 1.54) is 32.9 Å². The molecule has 0 aromatic carbocycles. The highest BCUT2D eigenvalue weighted by atomic mass is 14.9. The van der Waals surface area contributed by atoms with Crippen molar-refractivity contribution in [2.24, 2.45) is 0 Å². The fourth-order valence-corrected chi connectivity index (χ4v) is 0.625. The maximum atomic E-state index is 7.32. The monoisotopic (exact) mass is 112 g/mol. The standard InChI is InChI=1S/C4H9N.C2H3N/c1-2-4-5-3-1;1-2-3/h5H,1-4H2;1H3. The first-order chi connectivity index (χ1) is 3.91. The lowest BCUT2D eigenvalue weighted by atomic mass is 10.4. The molecule has 0 unspecified atom stereocenters. The van der Waals surface area contributed by atoms with E-state index in [1.54, 1.807) is 6.07 Å². The van der Waals surface area contributed by atoms with Crippen molar-refractivity contribution in [3.05, 3.63) is 0 Å². The molecule has 0 radical (unpaired) electrons. The third kappa shape index (κ3) is 5.45. The Kier molecular flexibility index (Phi) is 6.01. The van der Waals surface area contributed by atoms with Gasteiger partial charge in [-0.1, -0.05) is 0 Å². The Morgan fingerprint density at radius 1 is 1.38 bits per heavy atom. The Balaban J connectivity index is 0.000000145. The maximum absolute atomic E-state index is 7.32. The van der Waals surface area contributed by atoms with Gasteiger partial charge in [0.25, 0.3) is 0 Å². The van der Waals surface area contributed by atoms with E-state index in [-0.39, 0.29) is 0 Å². The molecule has 46 valence electrons. The Labute approximate surface area is 50.5 Å². The number of nitriles is 1. The van der Waals surface area contributed by atoms with Crippen LogP contribution in [0.2, 0.25) is 0 Å². The molecule has 0 bridgehead atoms. The van der Waals surface area contributed by atoms with Crippen LogP contribution in [0, 0.1) is 11.3 Å². The molecule has 1 saturated heterocycles. The summed E-state index contributed by atoms with van der Waals surface area (Å²) in [5, 5.41) is 10.5. The summed E-state index contributed by atoms with van der Waals surface area (Å²) < 4.78 is 0. The Hall–Kier alpha value is -0.550. The number of nitrogens with zero attached hydrogens (tertiary/aromatic N) is 1. The highest BCUT2D eigenvalue weighted by molar-refractivity contribution is 4.55. The zero-order valence-electron chi connectivity index (χ0n) is 5.28. The summed E-state index contributed by atoms with van der Waals surface area (Å²) in [4.78, 5) is 0. The fraction of sp³-hybridized carbons (Fsp3) is 0.833. The van der Waals surface area contributed by atoms with E-state index in [0.29, 0.717) is 0 Å². The van der Waals surface area contributed by atoms with Crippen molar-refractivity contribution in [3.8, 4) is 6.07 Å². The molecule has 0 aromatic heterocycles. The minimum Gasteiger partial charge on any atom is -0.317 e. The quantitative estimate of drug-likeness (QED) is 0.505. The molecule has 2 heteroatoms. The Morgan fingerprint density at radius 2 is 1.75 bits per heavy atom. The van der Waals surface area contributed by atoms with Crippen LogP contribution in [0.1, 0.15) is 19.8 Å². The zero-order chi connectivity index (χ0) is 6.24. The summed E-state index contributed by atoms with van der Waals surface area (Å²) in [6.45, 7) is 3.93. The van der Waals surface area contributed by atoms with Crippen LogP contribution in [0.15, 0.2) is 0 Å². The van der Waals surface area contributed by atoms with Crippen LogP contribution in [0.5, 0.6) is 0 Å². The van der Waals surface area contributed by atoms with Crippen LogP contribution in [0.3, 0.4) is 0 Å². The Bertz CT molecular complexity index is 61.5. The van der Waals surface area contributed by atoms with Crippen LogP contribution in [0.4, 0.5) is 0 Å². The molecule has 1 heterocycles. The molecule has 1 fully saturated rings. The third-order valence-electron chi connectivity index (χ3n) is 0.957. The van der Waals surface area contributed by atoms with Gasteiger partial charge in [-0.15, -0.1) is 0 Å². The van der Waals surface area contributed by atoms with Crippen LogP contribution in [-0.2, 0) is 0 Å². The van der Waals surface area contributed by atoms with E-state index in [4.69, 9.17) is 5.26 Å². The SMILES string of the molecule is C1CCNC1.CC#N. The van der Waals surface area contributed by atoms with Gasteiger partial charge in [0.1, 0.15) is 0 Å². The van der Waals surface area contributed by atoms with Gasteiger partial charge < -0.3 is 5.32 Å². The molecule has 0 amide bonds. The van der Waals surface area contributed by atoms with E-state index in [1.807, 2.05) is 0 Å². The summed E-state index contributed by atoms with van der Waals surface area (Å²) in [5.41, 5.74) is 0. The van der Waals surface area contributed by atoms with Gasteiger partial charge in [0.15, 0.2) is 0 Å². The average Bonchev–Trinajstić information content (AvgIpc) is 2.17. The van der Waals surface area contributed by atoms with Gasteiger partial charge in [-0.05, 0) is 25.9 Å². The van der Waals surface area contributed by atoms with Crippen molar-refractivity contribution in [3.63, 3.8) is 0 Å². The van der Waals surface area contributed by atoms with E-state index in [2.05, 4.69) is 5.32 Å². The second-order valence-electron chi connectivity index (χ2n) is 1.68. The zero-order valence-corrected chi connectivity index (χ0v) is 5.28. The second-order valence-corrected chi connectivity index (χ2v) is 1.68. The van der Waals surface area contributed by atoms with Gasteiger partial charge >= 0.3 is 0 Å². The maximum Gasteiger partial charge on any atom is 0.0587 e. The van der Waals surface area contributed by atoms with E-state index < -0.39 is 0 Å². The molecular formula is C6H12N2. The third-order valence-corrected chi connectivity index (χ3v) is 0.957. The smallest absolute Gasteiger partial charge is 0.0587 e. The van der Waals surface area contributed by atoms with Gasteiger partial charge in [-0.3, -0.25) is 0 Å². The molecular weight excluding hydrogens is 100 g/mol. The molecule has 2 nitrogen and oxygen atoms in total. The molecule has 0 aliphatic carbocycles. The minimum atomic E-state index is 1.25. The van der Waals surface area contributed by atoms with Gasteiger partial charge in [0.2, 0.25) is 0 Å². The number of rotatable bonds is 0. The molecule has 0 saturated carbocycles. The molecule has 8 heavy (non-hydrogen) atoms. The first-order valence-electron chi connectivity index (χ1n) is 2.93. The van der Waals surface area contributed by atoms with Crippen molar-refractivity contribution >= 4 is 0 Å². The number of nitrogens with one attached hydrogen (secondary N) is 1. The van der Waals surface area contributed by atoms with E-state index in [9.17, 15) is 0 Å². The van der Waals surface area contributed by atoms with Crippen molar-refractivity contribution in [1.82, 2.24) is 5.32 Å². The van der Waals surface area contributed by atoms with Crippen LogP contribution >= 0.6 is 0 Å². The van der Waals surface area contributed by atoms with Crippen LogP contribution in [0.25, 0.3) is 0 Å². The normalized spacial score (nSPS) is 16.0. The first-order valence-corrected chi connectivity index (χ1v) is 2.93. The van der Waals surface area contributed by atoms with Gasteiger partial charge in [0.05, 0.1) is 6.07 Å². The predicted octanol–water partition coefficient (Wildman–Crippen LogP) is 0.900. The second kappa shape index (κ2) is 6.45. The molecule has 1 rings (SSSR count). The highest BCUT2D eigenvalue weighted by Gasteiger charge is 1.93. The first kappa shape index (κ1) is 7.45. The summed E-state index contributed by atoms with van der Waals surface area (Å²) in [7, 11) is 0. The van der Waals surface area contributed by atoms with Crippen molar-refractivity contribution in [2.75, 3.05) is 13.1 Å². The van der Waals surface area contributed by atoms with Gasteiger partial charge in [0, 0.05) is 6.92 Å². The summed E-state index contributed by atoms with van der Waals surface area (Å²) in [6.07, 6.45) is 2.78. The van der Waals surface area contributed by atoms with Crippen molar-refractivity contribution in [1.29, 1.82) is 5.26 Å². The summed E-state index contributed by atoms with van der Waals surface area (Å²) in [6, 6.07) is 1.75. The van der Waals surface area contributed by atoms with Gasteiger partial charge in [-0.25, -0.2) is 0 Å². The molecule has 1 aliphatic heterocycles. The van der Waals surface area contributed by atoms with Crippen LogP contribution < -0.4 is 5.32 Å². The number of hydrogen-bond donors (Lipinski definition) is 1. The number of hydrogen-bond acceptors (Lipinski definition) is 2. The topological polar surface area (TPSA) is 35.8 Å². The summed E-state index contributed by atoms with van der Waals surface area (Å²) in [5.74, 6) is 0. The fourth-order valence-electron chi connectivity index (χ4n) is 0.625. The van der Waals surface area contributed by atoms with Gasteiger partial charge in [-0.2, -0.15) is 5.26 Å². The molecule has 1 aliphatic rings. The van der Waals surface area contributed by atoms with Crippen molar-refractivity contribution < 1.29 is 0 Å². The molecule has 0 spiro atoms.